The lowest BCUT2D eigenvalue weighted by molar-refractivity contribution is 0.185. The molecule has 5 nitrogen and oxygen atoms in total. The van der Waals surface area contributed by atoms with Crippen LogP contribution in [0.15, 0.2) is 71.3 Å². The Labute approximate surface area is 176 Å². The lowest BCUT2D eigenvalue weighted by Gasteiger charge is -2.12. The van der Waals surface area contributed by atoms with Gasteiger partial charge in [-0.1, -0.05) is 53.7 Å². The summed E-state index contributed by atoms with van der Waals surface area (Å²) in [6.45, 7) is 3.41. The van der Waals surface area contributed by atoms with E-state index < -0.39 is 0 Å². The Morgan fingerprint density at radius 1 is 0.933 bits per heavy atom. The lowest BCUT2D eigenvalue weighted by atomic mass is 9.94. The van der Waals surface area contributed by atoms with Crippen LogP contribution in [0.2, 0.25) is 0 Å². The molecule has 5 heteroatoms. The van der Waals surface area contributed by atoms with E-state index >= 15 is 0 Å². The summed E-state index contributed by atoms with van der Waals surface area (Å²) in [5.74, 6) is 1.08. The van der Waals surface area contributed by atoms with Crippen molar-refractivity contribution in [2.45, 2.75) is 20.1 Å². The highest BCUT2D eigenvalue weighted by Gasteiger charge is 2.14. The Balaban J connectivity index is 1.69. The van der Waals surface area contributed by atoms with Gasteiger partial charge in [-0.05, 0) is 60.0 Å². The average Bonchev–Trinajstić information content (AvgIpc) is 3.25. The smallest absolute Gasteiger partial charge is 0.258 e. The van der Waals surface area contributed by atoms with Crippen molar-refractivity contribution in [2.75, 3.05) is 14.2 Å². The summed E-state index contributed by atoms with van der Waals surface area (Å²) in [6, 6.07) is 22.7. The Morgan fingerprint density at radius 3 is 2.60 bits per heavy atom. The zero-order chi connectivity index (χ0) is 20.9. The van der Waals surface area contributed by atoms with Crippen LogP contribution in [0.5, 0.6) is 0 Å². The van der Waals surface area contributed by atoms with Gasteiger partial charge in [0.25, 0.3) is 5.89 Å². The zero-order valence-electron chi connectivity index (χ0n) is 17.5. The fourth-order valence-corrected chi connectivity index (χ4v) is 3.62. The Bertz CT molecular complexity index is 1150. The van der Waals surface area contributed by atoms with E-state index in [1.54, 1.807) is 7.11 Å². The third-order valence-electron chi connectivity index (χ3n) is 5.08. The molecule has 0 unspecified atom stereocenters. The summed E-state index contributed by atoms with van der Waals surface area (Å²) in [5.41, 5.74) is 7.65. The van der Waals surface area contributed by atoms with E-state index in [0.717, 1.165) is 28.8 Å². The van der Waals surface area contributed by atoms with Crippen LogP contribution in [0.25, 0.3) is 34.0 Å². The molecule has 0 bridgehead atoms. The van der Waals surface area contributed by atoms with E-state index in [4.69, 9.17) is 9.26 Å². The molecule has 0 amide bonds. The van der Waals surface area contributed by atoms with Gasteiger partial charge in [0, 0.05) is 24.8 Å². The number of benzene rings is 3. The highest BCUT2D eigenvalue weighted by molar-refractivity contribution is 5.74. The zero-order valence-corrected chi connectivity index (χ0v) is 17.5. The normalized spacial score (nSPS) is 11.0. The van der Waals surface area contributed by atoms with Gasteiger partial charge < -0.3 is 14.6 Å². The third kappa shape index (κ3) is 4.17. The van der Waals surface area contributed by atoms with E-state index in [-0.39, 0.29) is 0 Å². The Hall–Kier alpha value is -3.28. The molecule has 1 heterocycles. The highest BCUT2D eigenvalue weighted by atomic mass is 16.5. The van der Waals surface area contributed by atoms with E-state index in [0.29, 0.717) is 18.3 Å². The molecular formula is C25H25N3O2. The van der Waals surface area contributed by atoms with Crippen LogP contribution in [-0.2, 0) is 17.9 Å². The monoisotopic (exact) mass is 399 g/mol. The highest BCUT2D eigenvalue weighted by Crippen LogP contribution is 2.31. The van der Waals surface area contributed by atoms with Crippen molar-refractivity contribution in [3.63, 3.8) is 0 Å². The second-order valence-electron chi connectivity index (χ2n) is 7.27. The molecule has 0 saturated heterocycles. The van der Waals surface area contributed by atoms with Crippen molar-refractivity contribution in [3.05, 3.63) is 83.4 Å². The summed E-state index contributed by atoms with van der Waals surface area (Å²) in [6.07, 6.45) is 0. The molecule has 0 aliphatic carbocycles. The number of hydrogen-bond donors (Lipinski definition) is 1. The molecule has 0 spiro atoms. The number of hydrogen-bond acceptors (Lipinski definition) is 5. The molecule has 0 fully saturated rings. The fourth-order valence-electron chi connectivity index (χ4n) is 3.62. The molecule has 0 radical (unpaired) electrons. The van der Waals surface area contributed by atoms with Gasteiger partial charge in [0.2, 0.25) is 5.82 Å². The first kappa shape index (κ1) is 20.0. The minimum atomic E-state index is 0.498. The minimum Gasteiger partial charge on any atom is -0.380 e. The van der Waals surface area contributed by atoms with Gasteiger partial charge in [-0.25, -0.2) is 0 Å². The van der Waals surface area contributed by atoms with Gasteiger partial charge in [0.15, 0.2) is 0 Å². The molecule has 0 aliphatic rings. The van der Waals surface area contributed by atoms with Gasteiger partial charge in [0.1, 0.15) is 0 Å². The number of aromatic nitrogens is 2. The Kier molecular flexibility index (Phi) is 6.02. The van der Waals surface area contributed by atoms with E-state index in [2.05, 4.69) is 70.9 Å². The Morgan fingerprint density at radius 2 is 1.80 bits per heavy atom. The van der Waals surface area contributed by atoms with Crippen LogP contribution in [0.1, 0.15) is 16.7 Å². The van der Waals surface area contributed by atoms with Crippen LogP contribution in [-0.4, -0.2) is 24.3 Å². The first-order chi connectivity index (χ1) is 14.7. The molecule has 0 atom stereocenters. The molecule has 3 aromatic carbocycles. The van der Waals surface area contributed by atoms with Crippen LogP contribution in [0.4, 0.5) is 0 Å². The quantitative estimate of drug-likeness (QED) is 0.460. The predicted octanol–water partition coefficient (Wildman–Crippen LogP) is 5.24. The van der Waals surface area contributed by atoms with Crippen molar-refractivity contribution in [1.82, 2.24) is 15.5 Å². The number of rotatable bonds is 7. The maximum Gasteiger partial charge on any atom is 0.258 e. The van der Waals surface area contributed by atoms with E-state index in [1.807, 2.05) is 25.2 Å². The van der Waals surface area contributed by atoms with Gasteiger partial charge in [0.05, 0.1) is 6.61 Å². The van der Waals surface area contributed by atoms with E-state index in [1.165, 1.54) is 16.7 Å². The van der Waals surface area contributed by atoms with Crippen LogP contribution >= 0.6 is 0 Å². The second-order valence-corrected chi connectivity index (χ2v) is 7.27. The third-order valence-corrected chi connectivity index (χ3v) is 5.08. The summed E-state index contributed by atoms with van der Waals surface area (Å²) in [5, 5.41) is 7.36. The number of methoxy groups -OCH3 is 1. The molecule has 0 saturated carbocycles. The van der Waals surface area contributed by atoms with E-state index in [9.17, 15) is 0 Å². The number of nitrogens with one attached hydrogen (secondary N) is 1. The number of nitrogens with zero attached hydrogens (tertiary/aromatic N) is 2. The molecule has 4 aromatic rings. The van der Waals surface area contributed by atoms with Crippen molar-refractivity contribution >= 4 is 0 Å². The topological polar surface area (TPSA) is 60.2 Å². The van der Waals surface area contributed by atoms with Crippen molar-refractivity contribution in [3.8, 4) is 34.0 Å². The largest absolute Gasteiger partial charge is 0.380 e. The van der Waals surface area contributed by atoms with Gasteiger partial charge in [-0.2, -0.15) is 4.98 Å². The summed E-state index contributed by atoms with van der Waals surface area (Å²) in [4.78, 5) is 4.63. The van der Waals surface area contributed by atoms with Crippen molar-refractivity contribution < 1.29 is 9.26 Å². The maximum absolute atomic E-state index is 5.59. The molecule has 0 aliphatic heterocycles. The molecule has 152 valence electrons. The molecule has 30 heavy (non-hydrogen) atoms. The van der Waals surface area contributed by atoms with Crippen molar-refractivity contribution in [1.29, 1.82) is 0 Å². The summed E-state index contributed by atoms with van der Waals surface area (Å²) in [7, 11) is 3.63. The first-order valence-corrected chi connectivity index (χ1v) is 9.95. The molecule has 1 N–H and O–H groups in total. The fraction of sp³-hybridized carbons (Fsp3) is 0.200. The molecular weight excluding hydrogens is 374 g/mol. The van der Waals surface area contributed by atoms with Crippen LogP contribution in [0, 0.1) is 6.92 Å². The minimum absolute atomic E-state index is 0.498. The van der Waals surface area contributed by atoms with Crippen LogP contribution in [0.3, 0.4) is 0 Å². The van der Waals surface area contributed by atoms with Crippen LogP contribution < -0.4 is 5.32 Å². The van der Waals surface area contributed by atoms with Gasteiger partial charge in [-0.3, -0.25) is 0 Å². The molecule has 4 rings (SSSR count). The lowest BCUT2D eigenvalue weighted by Crippen LogP contribution is -2.04. The standard InChI is InChI=1S/C25H25N3O2/c1-17-7-4-5-10-22(17)23-12-11-20(14-21(23)16-29-3)25-27-24(28-30-25)19-9-6-8-18(13-19)15-26-2/h4-14,26H,15-16H2,1-3H3. The van der Waals surface area contributed by atoms with Crippen molar-refractivity contribution in [2.24, 2.45) is 0 Å². The summed E-state index contributed by atoms with van der Waals surface area (Å²) < 4.78 is 11.0. The second kappa shape index (κ2) is 9.03. The summed E-state index contributed by atoms with van der Waals surface area (Å²) >= 11 is 0. The first-order valence-electron chi connectivity index (χ1n) is 9.95. The molecule has 1 aromatic heterocycles. The number of aryl methyl sites for hydroxylation is 1. The SMILES string of the molecule is CNCc1cccc(-c2noc(-c3ccc(-c4ccccc4C)c(COC)c3)n2)c1. The predicted molar refractivity (Wildman–Crippen MR) is 119 cm³/mol. The average molecular weight is 399 g/mol. The number of ether oxygens (including phenoxy) is 1. The maximum atomic E-state index is 5.59. The van der Waals surface area contributed by atoms with Gasteiger partial charge >= 0.3 is 0 Å². The van der Waals surface area contributed by atoms with Gasteiger partial charge in [-0.15, -0.1) is 0 Å².